The summed E-state index contributed by atoms with van der Waals surface area (Å²) in [6.07, 6.45) is 9.76. The summed E-state index contributed by atoms with van der Waals surface area (Å²) in [6, 6.07) is 11.1. The first-order chi connectivity index (χ1) is 11.3. The lowest BCUT2D eigenvalue weighted by atomic mass is 9.97. The third-order valence-electron chi connectivity index (χ3n) is 5.09. The Hall–Kier alpha value is -1.71. The molecule has 0 aromatic heterocycles. The van der Waals surface area contributed by atoms with Crippen LogP contribution in [0.1, 0.15) is 51.4 Å². The van der Waals surface area contributed by atoms with E-state index >= 15 is 0 Å². The summed E-state index contributed by atoms with van der Waals surface area (Å²) in [7, 11) is 0. The van der Waals surface area contributed by atoms with Crippen LogP contribution in [-0.2, 0) is 0 Å². The summed E-state index contributed by atoms with van der Waals surface area (Å²) in [5, 5.41) is 6.37. The molecule has 2 fully saturated rings. The average Bonchev–Trinajstić information content (AvgIpc) is 2.99. The van der Waals surface area contributed by atoms with Crippen LogP contribution in [0.4, 0.5) is 10.5 Å². The highest BCUT2D eigenvalue weighted by Gasteiger charge is 2.24. The molecule has 126 valence electrons. The molecule has 1 aliphatic carbocycles. The predicted octanol–water partition coefficient (Wildman–Crippen LogP) is 3.68. The number of para-hydroxylation sites is 1. The molecule has 1 unspecified atom stereocenters. The second-order valence-corrected chi connectivity index (χ2v) is 6.93. The van der Waals surface area contributed by atoms with Crippen molar-refractivity contribution in [2.75, 3.05) is 18.0 Å². The standard InChI is InChI=1S/C19H29N3O/c23-19(20-16-9-5-2-1-3-6-10-16)21-17-13-14-22(15-17)18-11-7-4-8-12-18/h4,7-8,11-12,16-17H,1-3,5-6,9-10,13-15H2,(H2,20,21,23). The Bertz CT molecular complexity index is 483. The lowest BCUT2D eigenvalue weighted by Crippen LogP contribution is -2.47. The van der Waals surface area contributed by atoms with Crippen LogP contribution in [0, 0.1) is 0 Å². The van der Waals surface area contributed by atoms with Crippen molar-refractivity contribution < 1.29 is 4.79 Å². The first kappa shape index (κ1) is 16.2. The zero-order valence-corrected chi connectivity index (χ0v) is 14.0. The highest BCUT2D eigenvalue weighted by molar-refractivity contribution is 5.74. The predicted molar refractivity (Wildman–Crippen MR) is 94.8 cm³/mol. The number of rotatable bonds is 3. The van der Waals surface area contributed by atoms with Crippen LogP contribution in [0.2, 0.25) is 0 Å². The van der Waals surface area contributed by atoms with Gasteiger partial charge in [-0.05, 0) is 31.4 Å². The molecule has 3 rings (SSSR count). The molecular formula is C19H29N3O. The lowest BCUT2D eigenvalue weighted by Gasteiger charge is -2.23. The molecule has 4 heteroatoms. The minimum Gasteiger partial charge on any atom is -0.369 e. The largest absolute Gasteiger partial charge is 0.369 e. The van der Waals surface area contributed by atoms with Crippen LogP contribution in [0.15, 0.2) is 30.3 Å². The SMILES string of the molecule is O=C(NC1CCCCCCC1)NC1CCN(c2ccccc2)C1. The molecule has 23 heavy (non-hydrogen) atoms. The van der Waals surface area contributed by atoms with E-state index in [1.807, 2.05) is 6.07 Å². The minimum absolute atomic E-state index is 0.0236. The third kappa shape index (κ3) is 4.88. The number of nitrogens with zero attached hydrogens (tertiary/aromatic N) is 1. The third-order valence-corrected chi connectivity index (χ3v) is 5.09. The Morgan fingerprint density at radius 1 is 0.870 bits per heavy atom. The lowest BCUT2D eigenvalue weighted by molar-refractivity contribution is 0.231. The van der Waals surface area contributed by atoms with Crippen molar-refractivity contribution in [2.24, 2.45) is 0 Å². The average molecular weight is 315 g/mol. The summed E-state index contributed by atoms with van der Waals surface area (Å²) in [4.78, 5) is 14.6. The zero-order valence-electron chi connectivity index (χ0n) is 14.0. The number of hydrogen-bond donors (Lipinski definition) is 2. The van der Waals surface area contributed by atoms with Gasteiger partial charge < -0.3 is 15.5 Å². The minimum atomic E-state index is 0.0236. The number of benzene rings is 1. The molecule has 1 saturated heterocycles. The molecular weight excluding hydrogens is 286 g/mol. The number of hydrogen-bond acceptors (Lipinski definition) is 2. The molecule has 4 nitrogen and oxygen atoms in total. The van der Waals surface area contributed by atoms with Crippen molar-refractivity contribution in [1.29, 1.82) is 0 Å². The summed E-state index contributed by atoms with van der Waals surface area (Å²) in [6.45, 7) is 1.92. The maximum atomic E-state index is 12.3. The van der Waals surface area contributed by atoms with Gasteiger partial charge in [-0.25, -0.2) is 4.79 Å². The molecule has 0 bridgehead atoms. The Balaban J connectivity index is 1.43. The van der Waals surface area contributed by atoms with Gasteiger partial charge in [0.25, 0.3) is 0 Å². The second-order valence-electron chi connectivity index (χ2n) is 6.93. The number of carbonyl (C=O) groups excluding carboxylic acids is 1. The van der Waals surface area contributed by atoms with Gasteiger partial charge in [0.2, 0.25) is 0 Å². The van der Waals surface area contributed by atoms with Crippen LogP contribution in [-0.4, -0.2) is 31.2 Å². The van der Waals surface area contributed by atoms with E-state index in [1.54, 1.807) is 0 Å². The van der Waals surface area contributed by atoms with E-state index in [4.69, 9.17) is 0 Å². The van der Waals surface area contributed by atoms with Crippen molar-refractivity contribution in [3.8, 4) is 0 Å². The van der Waals surface area contributed by atoms with Crippen LogP contribution in [0.3, 0.4) is 0 Å². The van der Waals surface area contributed by atoms with Gasteiger partial charge in [-0.3, -0.25) is 0 Å². The van der Waals surface area contributed by atoms with Crippen LogP contribution < -0.4 is 15.5 Å². The molecule has 2 aliphatic rings. The number of urea groups is 1. The zero-order chi connectivity index (χ0) is 15.9. The van der Waals surface area contributed by atoms with Crippen molar-refractivity contribution in [2.45, 2.75) is 63.5 Å². The van der Waals surface area contributed by atoms with Crippen LogP contribution >= 0.6 is 0 Å². The van der Waals surface area contributed by atoms with Crippen LogP contribution in [0.5, 0.6) is 0 Å². The molecule has 1 aromatic carbocycles. The Morgan fingerprint density at radius 2 is 1.52 bits per heavy atom. The fourth-order valence-corrected chi connectivity index (χ4v) is 3.76. The molecule has 1 aromatic rings. The molecule has 0 spiro atoms. The van der Waals surface area contributed by atoms with Gasteiger partial charge in [0, 0.05) is 30.9 Å². The normalized spacial score (nSPS) is 23.1. The highest BCUT2D eigenvalue weighted by Crippen LogP contribution is 2.20. The summed E-state index contributed by atoms with van der Waals surface area (Å²) in [5.74, 6) is 0. The van der Waals surface area contributed by atoms with Crippen molar-refractivity contribution in [1.82, 2.24) is 10.6 Å². The van der Waals surface area contributed by atoms with E-state index in [2.05, 4.69) is 39.8 Å². The summed E-state index contributed by atoms with van der Waals surface area (Å²) < 4.78 is 0. The molecule has 2 N–H and O–H groups in total. The first-order valence-corrected chi connectivity index (χ1v) is 9.18. The van der Waals surface area contributed by atoms with Crippen molar-refractivity contribution in [3.05, 3.63) is 30.3 Å². The molecule has 1 heterocycles. The smallest absolute Gasteiger partial charge is 0.315 e. The van der Waals surface area contributed by atoms with E-state index < -0.39 is 0 Å². The van der Waals surface area contributed by atoms with Gasteiger partial charge >= 0.3 is 6.03 Å². The van der Waals surface area contributed by atoms with Gasteiger partial charge in [0.1, 0.15) is 0 Å². The number of anilines is 1. The van der Waals surface area contributed by atoms with Crippen LogP contribution in [0.25, 0.3) is 0 Å². The summed E-state index contributed by atoms with van der Waals surface area (Å²) >= 11 is 0. The topological polar surface area (TPSA) is 44.4 Å². The monoisotopic (exact) mass is 315 g/mol. The van der Waals surface area contributed by atoms with Gasteiger partial charge in [-0.15, -0.1) is 0 Å². The first-order valence-electron chi connectivity index (χ1n) is 9.18. The Kier molecular flexibility index (Phi) is 5.78. The quantitative estimate of drug-likeness (QED) is 0.893. The molecule has 1 atom stereocenters. The molecule has 0 radical (unpaired) electrons. The molecule has 1 aliphatic heterocycles. The van der Waals surface area contributed by atoms with E-state index in [0.29, 0.717) is 6.04 Å². The van der Waals surface area contributed by atoms with E-state index in [9.17, 15) is 4.79 Å². The van der Waals surface area contributed by atoms with E-state index in [-0.39, 0.29) is 12.1 Å². The van der Waals surface area contributed by atoms with Gasteiger partial charge in [0.15, 0.2) is 0 Å². The highest BCUT2D eigenvalue weighted by atomic mass is 16.2. The van der Waals surface area contributed by atoms with E-state index in [1.165, 1.54) is 37.8 Å². The van der Waals surface area contributed by atoms with E-state index in [0.717, 1.165) is 32.4 Å². The number of carbonyl (C=O) groups is 1. The maximum absolute atomic E-state index is 12.3. The second kappa shape index (κ2) is 8.23. The summed E-state index contributed by atoms with van der Waals surface area (Å²) in [5.41, 5.74) is 1.25. The fourth-order valence-electron chi connectivity index (χ4n) is 3.76. The molecule has 1 saturated carbocycles. The fraction of sp³-hybridized carbons (Fsp3) is 0.632. The van der Waals surface area contributed by atoms with Gasteiger partial charge in [-0.1, -0.05) is 50.3 Å². The Labute approximate surface area is 139 Å². The number of nitrogens with one attached hydrogen (secondary N) is 2. The van der Waals surface area contributed by atoms with Crippen molar-refractivity contribution >= 4 is 11.7 Å². The van der Waals surface area contributed by atoms with Gasteiger partial charge in [0.05, 0.1) is 0 Å². The number of amides is 2. The maximum Gasteiger partial charge on any atom is 0.315 e. The molecule has 2 amide bonds. The van der Waals surface area contributed by atoms with Crippen molar-refractivity contribution in [3.63, 3.8) is 0 Å². The van der Waals surface area contributed by atoms with Gasteiger partial charge in [-0.2, -0.15) is 0 Å². The Morgan fingerprint density at radius 3 is 2.26 bits per heavy atom.